The number of rotatable bonds is 9. The average Bonchev–Trinajstić information content (AvgIpc) is 2.24. The Morgan fingerprint density at radius 2 is 2.06 bits per heavy atom. The van der Waals surface area contributed by atoms with Crippen molar-refractivity contribution < 1.29 is 9.90 Å². The van der Waals surface area contributed by atoms with E-state index >= 15 is 0 Å². The number of unbranched alkanes of at least 4 members (excludes halogenated alkanes) is 1. The molecule has 3 N–H and O–H groups in total. The minimum absolute atomic E-state index is 0.540. The summed E-state index contributed by atoms with van der Waals surface area (Å²) in [6.07, 6.45) is 4.82. The van der Waals surface area contributed by atoms with Crippen molar-refractivity contribution in [3.63, 3.8) is 0 Å². The molecule has 0 aliphatic carbocycles. The Morgan fingerprint density at radius 1 is 1.47 bits per heavy atom. The summed E-state index contributed by atoms with van der Waals surface area (Å²) in [4.78, 5) is 13.1. The maximum Gasteiger partial charge on any atom is 0.323 e. The standard InChI is InChI=1S/C13H28N2O2/c1-5-8-11(2)15(4)10-7-6-9-13(3,14)12(16)17/h11H,5-10,14H2,1-4H3,(H,16,17). The second kappa shape index (κ2) is 7.67. The van der Waals surface area contributed by atoms with Crippen LogP contribution in [0.4, 0.5) is 0 Å². The molecular weight excluding hydrogens is 216 g/mol. The first kappa shape index (κ1) is 16.4. The van der Waals surface area contributed by atoms with Crippen LogP contribution in [0.15, 0.2) is 0 Å². The van der Waals surface area contributed by atoms with E-state index in [1.165, 1.54) is 12.8 Å². The van der Waals surface area contributed by atoms with Gasteiger partial charge in [-0.1, -0.05) is 13.3 Å². The lowest BCUT2D eigenvalue weighted by Gasteiger charge is -2.25. The molecule has 0 fully saturated rings. The molecule has 4 nitrogen and oxygen atoms in total. The first-order valence-corrected chi connectivity index (χ1v) is 6.53. The van der Waals surface area contributed by atoms with Crippen molar-refractivity contribution in [3.05, 3.63) is 0 Å². The van der Waals surface area contributed by atoms with E-state index in [1.54, 1.807) is 6.92 Å². The Morgan fingerprint density at radius 3 is 2.53 bits per heavy atom. The monoisotopic (exact) mass is 244 g/mol. The van der Waals surface area contributed by atoms with Gasteiger partial charge in [-0.25, -0.2) is 0 Å². The van der Waals surface area contributed by atoms with Gasteiger partial charge in [0, 0.05) is 6.04 Å². The van der Waals surface area contributed by atoms with Crippen molar-refractivity contribution in [2.75, 3.05) is 13.6 Å². The van der Waals surface area contributed by atoms with Crippen molar-refractivity contribution in [2.24, 2.45) is 5.73 Å². The Kier molecular flexibility index (Phi) is 7.39. The Balaban J connectivity index is 3.74. The van der Waals surface area contributed by atoms with E-state index in [0.29, 0.717) is 12.5 Å². The molecule has 0 aromatic rings. The fraction of sp³-hybridized carbons (Fsp3) is 0.923. The second-order valence-electron chi connectivity index (χ2n) is 5.30. The third-order valence-corrected chi connectivity index (χ3v) is 3.40. The lowest BCUT2D eigenvalue weighted by atomic mass is 9.96. The van der Waals surface area contributed by atoms with Crippen LogP contribution in [0, 0.1) is 0 Å². The predicted octanol–water partition coefficient (Wildman–Crippen LogP) is 2.08. The third kappa shape index (κ3) is 6.64. The van der Waals surface area contributed by atoms with Crippen LogP contribution in [0.5, 0.6) is 0 Å². The van der Waals surface area contributed by atoms with Crippen LogP contribution in [0.25, 0.3) is 0 Å². The molecule has 102 valence electrons. The SMILES string of the molecule is CCCC(C)N(C)CCCCC(C)(N)C(=O)O. The molecule has 2 unspecified atom stereocenters. The molecule has 0 amide bonds. The minimum Gasteiger partial charge on any atom is -0.480 e. The van der Waals surface area contributed by atoms with Gasteiger partial charge in [0.15, 0.2) is 0 Å². The van der Waals surface area contributed by atoms with Gasteiger partial charge in [0.1, 0.15) is 5.54 Å². The summed E-state index contributed by atoms with van der Waals surface area (Å²) in [5.41, 5.74) is 4.59. The van der Waals surface area contributed by atoms with Crippen molar-refractivity contribution in [3.8, 4) is 0 Å². The van der Waals surface area contributed by atoms with E-state index in [1.807, 2.05) is 0 Å². The second-order valence-corrected chi connectivity index (χ2v) is 5.30. The van der Waals surface area contributed by atoms with Crippen LogP contribution in [0.2, 0.25) is 0 Å². The maximum absolute atomic E-state index is 10.8. The van der Waals surface area contributed by atoms with E-state index in [-0.39, 0.29) is 0 Å². The average molecular weight is 244 g/mol. The topological polar surface area (TPSA) is 66.6 Å². The number of carboxylic acid groups (broad SMARTS) is 1. The van der Waals surface area contributed by atoms with Gasteiger partial charge < -0.3 is 15.7 Å². The molecule has 17 heavy (non-hydrogen) atoms. The summed E-state index contributed by atoms with van der Waals surface area (Å²) in [5.74, 6) is -0.912. The number of nitrogens with zero attached hydrogens (tertiary/aromatic N) is 1. The molecule has 0 aliphatic heterocycles. The number of carbonyl (C=O) groups is 1. The first-order chi connectivity index (χ1) is 7.81. The van der Waals surface area contributed by atoms with Crippen LogP contribution >= 0.6 is 0 Å². The molecule has 0 aromatic carbocycles. The molecule has 0 radical (unpaired) electrons. The zero-order chi connectivity index (χ0) is 13.5. The highest BCUT2D eigenvalue weighted by molar-refractivity contribution is 5.77. The molecule has 0 spiro atoms. The van der Waals surface area contributed by atoms with Crippen LogP contribution in [-0.2, 0) is 4.79 Å². The highest BCUT2D eigenvalue weighted by Crippen LogP contribution is 2.12. The van der Waals surface area contributed by atoms with Gasteiger partial charge in [-0.2, -0.15) is 0 Å². The predicted molar refractivity (Wildman–Crippen MR) is 71.1 cm³/mol. The van der Waals surface area contributed by atoms with Crippen molar-refractivity contribution >= 4 is 5.97 Å². The molecule has 4 heteroatoms. The highest BCUT2D eigenvalue weighted by atomic mass is 16.4. The zero-order valence-corrected chi connectivity index (χ0v) is 11.7. The van der Waals surface area contributed by atoms with Gasteiger partial charge in [-0.05, 0) is 53.1 Å². The smallest absolute Gasteiger partial charge is 0.323 e. The van der Waals surface area contributed by atoms with E-state index in [2.05, 4.69) is 25.8 Å². The summed E-state index contributed by atoms with van der Waals surface area (Å²) in [6, 6.07) is 0.601. The Hall–Kier alpha value is -0.610. The van der Waals surface area contributed by atoms with Crippen molar-refractivity contribution in [1.82, 2.24) is 4.90 Å². The van der Waals surface area contributed by atoms with E-state index in [9.17, 15) is 4.79 Å². The number of aliphatic carboxylic acids is 1. The van der Waals surface area contributed by atoms with Crippen molar-refractivity contribution in [2.45, 2.75) is 64.5 Å². The van der Waals surface area contributed by atoms with Crippen LogP contribution in [0.3, 0.4) is 0 Å². The summed E-state index contributed by atoms with van der Waals surface area (Å²) in [6.45, 7) is 7.01. The number of nitrogens with two attached hydrogens (primary N) is 1. The Bertz CT molecular complexity index is 229. The lowest BCUT2D eigenvalue weighted by Crippen LogP contribution is -2.44. The molecule has 0 bridgehead atoms. The summed E-state index contributed by atoms with van der Waals surface area (Å²) in [7, 11) is 2.12. The molecule has 0 rings (SSSR count). The summed E-state index contributed by atoms with van der Waals surface area (Å²) in [5, 5.41) is 8.87. The van der Waals surface area contributed by atoms with Gasteiger partial charge in [-0.3, -0.25) is 4.79 Å². The fourth-order valence-electron chi connectivity index (χ4n) is 1.82. The quantitative estimate of drug-likeness (QED) is 0.609. The van der Waals surface area contributed by atoms with Crippen LogP contribution < -0.4 is 5.73 Å². The van der Waals surface area contributed by atoms with Crippen LogP contribution in [-0.4, -0.2) is 41.1 Å². The number of hydrogen-bond donors (Lipinski definition) is 2. The van der Waals surface area contributed by atoms with E-state index in [0.717, 1.165) is 19.4 Å². The van der Waals surface area contributed by atoms with Gasteiger partial charge in [0.25, 0.3) is 0 Å². The lowest BCUT2D eigenvalue weighted by molar-refractivity contribution is -0.142. The zero-order valence-electron chi connectivity index (χ0n) is 11.7. The highest BCUT2D eigenvalue weighted by Gasteiger charge is 2.26. The van der Waals surface area contributed by atoms with E-state index in [4.69, 9.17) is 10.8 Å². The number of carboxylic acids is 1. The third-order valence-electron chi connectivity index (χ3n) is 3.40. The summed E-state index contributed by atoms with van der Waals surface area (Å²) >= 11 is 0. The van der Waals surface area contributed by atoms with E-state index < -0.39 is 11.5 Å². The molecule has 0 saturated heterocycles. The molecule has 2 atom stereocenters. The van der Waals surface area contributed by atoms with Gasteiger partial charge in [-0.15, -0.1) is 0 Å². The maximum atomic E-state index is 10.8. The molecule has 0 aliphatic rings. The van der Waals surface area contributed by atoms with Gasteiger partial charge in [0.05, 0.1) is 0 Å². The molecule has 0 saturated carbocycles. The molecular formula is C13H28N2O2. The largest absolute Gasteiger partial charge is 0.480 e. The van der Waals surface area contributed by atoms with Gasteiger partial charge in [0.2, 0.25) is 0 Å². The van der Waals surface area contributed by atoms with Crippen LogP contribution in [0.1, 0.15) is 52.9 Å². The van der Waals surface area contributed by atoms with Gasteiger partial charge >= 0.3 is 5.97 Å². The summed E-state index contributed by atoms with van der Waals surface area (Å²) < 4.78 is 0. The Labute approximate surface area is 105 Å². The van der Waals surface area contributed by atoms with Crippen molar-refractivity contribution in [1.29, 1.82) is 0 Å². The normalized spacial score (nSPS) is 16.8. The molecule has 0 heterocycles. The number of hydrogen-bond acceptors (Lipinski definition) is 3. The minimum atomic E-state index is -1.08. The first-order valence-electron chi connectivity index (χ1n) is 6.53. The molecule has 0 aromatic heterocycles. The fourth-order valence-corrected chi connectivity index (χ4v) is 1.82.